The molecule has 0 fully saturated rings. The first-order valence-electron chi connectivity index (χ1n) is 6.06. The van der Waals surface area contributed by atoms with Crippen molar-refractivity contribution in [1.29, 1.82) is 0 Å². The maximum absolute atomic E-state index is 13.7. The Balaban J connectivity index is 2.07. The number of fused-ring (bicyclic) bond motifs is 1. The van der Waals surface area contributed by atoms with Gasteiger partial charge in [-0.3, -0.25) is 0 Å². The van der Waals surface area contributed by atoms with Crippen LogP contribution in [0.25, 0.3) is 11.0 Å². The number of imidazole rings is 1. The van der Waals surface area contributed by atoms with Crippen LogP contribution in [0.3, 0.4) is 0 Å². The molecule has 0 aliphatic carbocycles. The molecule has 0 amide bonds. The molecule has 2 aromatic heterocycles. The number of hydrogen-bond acceptors (Lipinski definition) is 2. The third-order valence-electron chi connectivity index (χ3n) is 3.25. The van der Waals surface area contributed by atoms with E-state index in [-0.39, 0.29) is 11.9 Å². The summed E-state index contributed by atoms with van der Waals surface area (Å²) in [5.41, 5.74) is 2.60. The number of nitrogens with one attached hydrogen (secondary N) is 1. The summed E-state index contributed by atoms with van der Waals surface area (Å²) in [6, 6.07) is 7.36. The lowest BCUT2D eigenvalue weighted by molar-refractivity contribution is 0.553. The smallest absolute Gasteiger partial charge is 0.178 e. The van der Waals surface area contributed by atoms with Gasteiger partial charge in [0.05, 0.1) is 5.52 Å². The predicted octanol–water partition coefficient (Wildman–Crippen LogP) is 4.70. The molecule has 1 atom stereocenters. The van der Waals surface area contributed by atoms with E-state index in [1.54, 1.807) is 17.4 Å². The highest BCUT2D eigenvalue weighted by atomic mass is 32.1. The van der Waals surface area contributed by atoms with Crippen molar-refractivity contribution in [3.63, 3.8) is 0 Å². The fraction of sp³-hybridized carbons (Fsp3) is 0.214. The van der Waals surface area contributed by atoms with Gasteiger partial charge in [-0.25, -0.2) is 4.39 Å². The van der Waals surface area contributed by atoms with Crippen molar-refractivity contribution in [2.75, 3.05) is 0 Å². The topological polar surface area (TPSA) is 20.7 Å². The number of rotatable bonds is 3. The molecular weight excluding hydrogens is 279 g/mol. The van der Waals surface area contributed by atoms with E-state index in [1.165, 1.54) is 11.6 Å². The van der Waals surface area contributed by atoms with Gasteiger partial charge in [-0.2, -0.15) is 11.3 Å². The summed E-state index contributed by atoms with van der Waals surface area (Å²) in [5.74, 6) is -0.259. The van der Waals surface area contributed by atoms with Crippen LogP contribution in [0.5, 0.6) is 0 Å². The molecule has 0 saturated heterocycles. The molecule has 3 aromatic rings. The van der Waals surface area contributed by atoms with Gasteiger partial charge < -0.3 is 9.55 Å². The van der Waals surface area contributed by atoms with Gasteiger partial charge in [-0.15, -0.1) is 0 Å². The van der Waals surface area contributed by atoms with Gasteiger partial charge in [0.1, 0.15) is 11.3 Å². The predicted molar refractivity (Wildman–Crippen MR) is 79.8 cm³/mol. The van der Waals surface area contributed by atoms with E-state index in [1.807, 2.05) is 10.6 Å². The Morgan fingerprint density at radius 1 is 1.42 bits per heavy atom. The van der Waals surface area contributed by atoms with Gasteiger partial charge in [0.25, 0.3) is 0 Å². The summed E-state index contributed by atoms with van der Waals surface area (Å²) in [4.78, 5) is 2.96. The van der Waals surface area contributed by atoms with Gasteiger partial charge in [0.15, 0.2) is 4.77 Å². The Morgan fingerprint density at radius 2 is 2.26 bits per heavy atom. The van der Waals surface area contributed by atoms with Crippen LogP contribution >= 0.6 is 23.6 Å². The molecule has 1 N–H and O–H groups in total. The fourth-order valence-electron chi connectivity index (χ4n) is 2.39. The first kappa shape index (κ1) is 12.6. The Hall–Kier alpha value is -1.46. The average Bonchev–Trinajstić information content (AvgIpc) is 2.96. The molecule has 0 spiro atoms. The van der Waals surface area contributed by atoms with E-state index < -0.39 is 0 Å². The fourth-order valence-corrected chi connectivity index (χ4v) is 3.45. The molecular formula is C14H13FN2S2. The Kier molecular flexibility index (Phi) is 3.24. The molecule has 5 heteroatoms. The summed E-state index contributed by atoms with van der Waals surface area (Å²) in [7, 11) is 0. The maximum Gasteiger partial charge on any atom is 0.178 e. The van der Waals surface area contributed by atoms with Crippen molar-refractivity contribution in [3.05, 3.63) is 51.2 Å². The van der Waals surface area contributed by atoms with Gasteiger partial charge in [0.2, 0.25) is 0 Å². The van der Waals surface area contributed by atoms with Crippen LogP contribution < -0.4 is 0 Å². The number of H-pyrrole nitrogens is 1. The molecule has 0 aliphatic rings. The summed E-state index contributed by atoms with van der Waals surface area (Å²) in [6.07, 6.45) is 0.890. The van der Waals surface area contributed by atoms with Crippen molar-refractivity contribution >= 4 is 34.6 Å². The Labute approximate surface area is 119 Å². The van der Waals surface area contributed by atoms with Crippen LogP contribution in [0, 0.1) is 10.6 Å². The summed E-state index contributed by atoms with van der Waals surface area (Å²) in [6.45, 7) is 2.10. The van der Waals surface area contributed by atoms with Crippen molar-refractivity contribution < 1.29 is 4.39 Å². The first-order chi connectivity index (χ1) is 9.16. The summed E-state index contributed by atoms with van der Waals surface area (Å²) in [5, 5.41) is 4.20. The van der Waals surface area contributed by atoms with Crippen LogP contribution in [0.15, 0.2) is 35.0 Å². The van der Waals surface area contributed by atoms with Crippen LogP contribution in [-0.2, 0) is 6.42 Å². The molecule has 0 bridgehead atoms. The van der Waals surface area contributed by atoms with Crippen molar-refractivity contribution in [2.24, 2.45) is 0 Å². The number of aromatic nitrogens is 2. The number of aromatic amines is 1. The molecule has 98 valence electrons. The van der Waals surface area contributed by atoms with Crippen LogP contribution in [0.2, 0.25) is 0 Å². The normalized spacial score (nSPS) is 12.9. The summed E-state index contributed by atoms with van der Waals surface area (Å²) < 4.78 is 16.3. The molecule has 1 aromatic carbocycles. The van der Waals surface area contributed by atoms with Crippen molar-refractivity contribution in [2.45, 2.75) is 19.4 Å². The lowest BCUT2D eigenvalue weighted by Gasteiger charge is -2.13. The first-order valence-corrected chi connectivity index (χ1v) is 7.41. The van der Waals surface area contributed by atoms with Gasteiger partial charge in [-0.1, -0.05) is 6.07 Å². The third kappa shape index (κ3) is 2.24. The van der Waals surface area contributed by atoms with Crippen LogP contribution in [-0.4, -0.2) is 9.55 Å². The number of hydrogen-bond donors (Lipinski definition) is 1. The average molecular weight is 292 g/mol. The lowest BCUT2D eigenvalue weighted by atomic mass is 10.1. The van der Waals surface area contributed by atoms with Crippen molar-refractivity contribution in [1.82, 2.24) is 9.55 Å². The van der Waals surface area contributed by atoms with E-state index in [4.69, 9.17) is 12.2 Å². The second-order valence-electron chi connectivity index (χ2n) is 4.62. The van der Waals surface area contributed by atoms with Gasteiger partial charge in [-0.05, 0) is 60.1 Å². The van der Waals surface area contributed by atoms with Gasteiger partial charge >= 0.3 is 0 Å². The third-order valence-corrected chi connectivity index (χ3v) is 4.28. The Bertz CT molecular complexity index is 755. The number of para-hydroxylation sites is 1. The zero-order valence-electron chi connectivity index (χ0n) is 10.4. The molecule has 1 unspecified atom stereocenters. The highest BCUT2D eigenvalue weighted by molar-refractivity contribution is 7.71. The molecule has 0 saturated carbocycles. The highest BCUT2D eigenvalue weighted by Crippen LogP contribution is 2.24. The zero-order valence-corrected chi connectivity index (χ0v) is 12.0. The SMILES string of the molecule is CC(Cc1ccsc1)n1c(=S)[nH]c2c(F)cccc21. The van der Waals surface area contributed by atoms with E-state index in [0.717, 1.165) is 11.9 Å². The van der Waals surface area contributed by atoms with E-state index in [0.29, 0.717) is 10.3 Å². The molecule has 0 aliphatic heterocycles. The second-order valence-corrected chi connectivity index (χ2v) is 5.79. The quantitative estimate of drug-likeness (QED) is 0.694. The zero-order chi connectivity index (χ0) is 13.4. The number of benzene rings is 1. The lowest BCUT2D eigenvalue weighted by Crippen LogP contribution is -2.07. The van der Waals surface area contributed by atoms with Gasteiger partial charge in [0, 0.05) is 6.04 Å². The van der Waals surface area contributed by atoms with E-state index in [2.05, 4.69) is 28.7 Å². The second kappa shape index (κ2) is 4.90. The number of halogens is 1. The van der Waals surface area contributed by atoms with E-state index >= 15 is 0 Å². The molecule has 3 rings (SSSR count). The minimum atomic E-state index is -0.259. The minimum absolute atomic E-state index is 0.192. The molecule has 19 heavy (non-hydrogen) atoms. The standard InChI is InChI=1S/C14H13FN2S2/c1-9(7-10-5-6-19-8-10)17-12-4-2-3-11(15)13(12)16-14(17)18/h2-6,8-9H,7H2,1H3,(H,16,18). The number of thiophene rings is 1. The largest absolute Gasteiger partial charge is 0.328 e. The minimum Gasteiger partial charge on any atom is -0.328 e. The van der Waals surface area contributed by atoms with E-state index in [9.17, 15) is 4.39 Å². The van der Waals surface area contributed by atoms with Crippen molar-refractivity contribution in [3.8, 4) is 0 Å². The molecule has 0 radical (unpaired) electrons. The molecule has 2 nitrogen and oxygen atoms in total. The summed E-state index contributed by atoms with van der Waals surface area (Å²) >= 11 is 7.01. The maximum atomic E-state index is 13.7. The highest BCUT2D eigenvalue weighted by Gasteiger charge is 2.13. The molecule has 2 heterocycles. The number of nitrogens with zero attached hydrogens (tertiary/aromatic N) is 1. The van der Waals surface area contributed by atoms with Crippen LogP contribution in [0.1, 0.15) is 18.5 Å². The monoisotopic (exact) mass is 292 g/mol. The van der Waals surface area contributed by atoms with Crippen LogP contribution in [0.4, 0.5) is 4.39 Å². The Morgan fingerprint density at radius 3 is 3.00 bits per heavy atom.